The fraction of sp³-hybridized carbons (Fsp3) is 0.114. The van der Waals surface area contributed by atoms with Gasteiger partial charge in [0.2, 0.25) is 0 Å². The highest BCUT2D eigenvalue weighted by Crippen LogP contribution is 2.45. The van der Waals surface area contributed by atoms with E-state index in [9.17, 15) is 0 Å². The molecule has 0 fully saturated rings. The third-order valence-corrected chi connectivity index (χ3v) is 9.95. The second-order valence-corrected chi connectivity index (χ2v) is 12.8. The average molecular weight is 604 g/mol. The number of hydrogen-bond donors (Lipinski definition) is 0. The van der Waals surface area contributed by atoms with Crippen LogP contribution >= 0.6 is 0 Å². The molecule has 3 heteroatoms. The molecule has 0 radical (unpaired) electrons. The van der Waals surface area contributed by atoms with Gasteiger partial charge in [0.15, 0.2) is 5.82 Å². The number of nitrogens with zero attached hydrogens (tertiary/aromatic N) is 3. The van der Waals surface area contributed by atoms with Crippen molar-refractivity contribution in [2.45, 2.75) is 25.2 Å². The standard InChI is InChI=1S/C44H33N3/c1-28-11-10-18-35-34-15-5-7-17-37(34)40(26-38(28)35)43-27-42(39-25-31-12-2-3-13-32(31)33-14-4-6-16-36(33)39)46-44(47-43)30-22-20-29(21-23-30)41-19-8-9-24-45-41/h2-10,12-28,31-32H,11H2,1H3. The molecule has 0 aliphatic heterocycles. The summed E-state index contributed by atoms with van der Waals surface area (Å²) in [6.07, 6.45) is 18.9. The number of hydrogen-bond acceptors (Lipinski definition) is 3. The van der Waals surface area contributed by atoms with Crippen molar-refractivity contribution in [3.8, 4) is 33.9 Å². The quantitative estimate of drug-likeness (QED) is 0.201. The van der Waals surface area contributed by atoms with Crippen LogP contribution in [0.2, 0.25) is 0 Å². The maximum Gasteiger partial charge on any atom is 0.160 e. The van der Waals surface area contributed by atoms with Gasteiger partial charge in [0.25, 0.3) is 0 Å². The van der Waals surface area contributed by atoms with Gasteiger partial charge < -0.3 is 0 Å². The monoisotopic (exact) mass is 603 g/mol. The van der Waals surface area contributed by atoms with E-state index >= 15 is 0 Å². The zero-order valence-corrected chi connectivity index (χ0v) is 26.2. The molecule has 47 heavy (non-hydrogen) atoms. The van der Waals surface area contributed by atoms with Gasteiger partial charge >= 0.3 is 0 Å². The number of rotatable bonds is 4. The van der Waals surface area contributed by atoms with Crippen LogP contribution < -0.4 is 0 Å². The number of fused-ring (bicyclic) bond motifs is 6. The van der Waals surface area contributed by atoms with Crippen LogP contribution in [0.3, 0.4) is 0 Å². The zero-order valence-electron chi connectivity index (χ0n) is 26.2. The third kappa shape index (κ3) is 4.78. The van der Waals surface area contributed by atoms with Crippen LogP contribution in [0.1, 0.15) is 53.1 Å². The Bertz CT molecular complexity index is 2290. The lowest BCUT2D eigenvalue weighted by Crippen LogP contribution is -2.16. The minimum absolute atomic E-state index is 0.279. The van der Waals surface area contributed by atoms with E-state index in [1.807, 2.05) is 24.4 Å². The Balaban J connectivity index is 1.27. The molecule has 2 heterocycles. The number of aromatic nitrogens is 3. The lowest BCUT2D eigenvalue weighted by atomic mass is 9.74. The Morgan fingerprint density at radius 1 is 0.638 bits per heavy atom. The van der Waals surface area contributed by atoms with E-state index < -0.39 is 0 Å². The molecule has 3 aliphatic carbocycles. The number of allylic oxidation sites excluding steroid dienone is 6. The second kappa shape index (κ2) is 11.3. The van der Waals surface area contributed by atoms with E-state index in [1.165, 1.54) is 33.0 Å². The van der Waals surface area contributed by atoms with Crippen molar-refractivity contribution >= 4 is 22.4 Å². The highest BCUT2D eigenvalue weighted by Gasteiger charge is 2.29. The average Bonchev–Trinajstić information content (AvgIpc) is 3.14. The zero-order chi connectivity index (χ0) is 31.3. The van der Waals surface area contributed by atoms with Crippen molar-refractivity contribution in [3.63, 3.8) is 0 Å². The molecule has 4 aromatic carbocycles. The highest BCUT2D eigenvalue weighted by molar-refractivity contribution is 6.02. The van der Waals surface area contributed by atoms with E-state index in [-0.39, 0.29) is 5.92 Å². The largest absolute Gasteiger partial charge is 0.256 e. The van der Waals surface area contributed by atoms with Crippen molar-refractivity contribution in [2.75, 3.05) is 0 Å². The summed E-state index contributed by atoms with van der Waals surface area (Å²) in [7, 11) is 0. The second-order valence-electron chi connectivity index (χ2n) is 12.8. The molecule has 224 valence electrons. The highest BCUT2D eigenvalue weighted by atomic mass is 14.9. The summed E-state index contributed by atoms with van der Waals surface area (Å²) in [5.41, 5.74) is 12.5. The molecule has 3 atom stereocenters. The number of benzene rings is 4. The molecule has 3 aliphatic rings. The Morgan fingerprint density at radius 3 is 2.28 bits per heavy atom. The molecule has 0 N–H and O–H groups in total. The van der Waals surface area contributed by atoms with Gasteiger partial charge in [-0.1, -0.05) is 128 Å². The van der Waals surface area contributed by atoms with Gasteiger partial charge in [-0.05, 0) is 69.6 Å². The summed E-state index contributed by atoms with van der Waals surface area (Å²) in [5, 5.41) is 2.48. The summed E-state index contributed by atoms with van der Waals surface area (Å²) in [6, 6.07) is 36.7. The molecule has 0 bridgehead atoms. The summed E-state index contributed by atoms with van der Waals surface area (Å²) >= 11 is 0. The van der Waals surface area contributed by atoms with Crippen LogP contribution in [-0.4, -0.2) is 15.0 Å². The predicted octanol–water partition coefficient (Wildman–Crippen LogP) is 10.8. The molecule has 6 aromatic rings. The van der Waals surface area contributed by atoms with Gasteiger partial charge in [0.1, 0.15) is 0 Å². The first-order valence-electron chi connectivity index (χ1n) is 16.5. The topological polar surface area (TPSA) is 38.7 Å². The van der Waals surface area contributed by atoms with Crippen LogP contribution in [-0.2, 0) is 0 Å². The van der Waals surface area contributed by atoms with Crippen LogP contribution in [0, 0.1) is 5.92 Å². The SMILES string of the molecule is CC1CC=Cc2c1cc(-c1cc(C3=CC4C=CC=CC4c4ccccc43)nc(-c3ccc(-c4ccccn4)cc3)n1)c1ccccc21. The normalized spacial score (nSPS) is 19.2. The number of pyridine rings is 1. The van der Waals surface area contributed by atoms with Crippen LogP contribution in [0.5, 0.6) is 0 Å². The lowest BCUT2D eigenvalue weighted by Gasteiger charge is -2.30. The Kier molecular flexibility index (Phi) is 6.64. The molecule has 0 saturated carbocycles. The van der Waals surface area contributed by atoms with Gasteiger partial charge in [-0.2, -0.15) is 0 Å². The first-order chi connectivity index (χ1) is 23.2. The van der Waals surface area contributed by atoms with Crippen molar-refractivity contribution in [1.29, 1.82) is 0 Å². The van der Waals surface area contributed by atoms with Crippen LogP contribution in [0.15, 0.2) is 146 Å². The first-order valence-corrected chi connectivity index (χ1v) is 16.5. The van der Waals surface area contributed by atoms with Crippen molar-refractivity contribution < 1.29 is 0 Å². The van der Waals surface area contributed by atoms with E-state index in [2.05, 4.69) is 139 Å². The summed E-state index contributed by atoms with van der Waals surface area (Å²) in [5.74, 6) is 1.77. The minimum atomic E-state index is 0.279. The Hall–Kier alpha value is -5.67. The van der Waals surface area contributed by atoms with Crippen LogP contribution in [0.25, 0.3) is 56.3 Å². The maximum atomic E-state index is 5.34. The van der Waals surface area contributed by atoms with Crippen molar-refractivity contribution in [2.24, 2.45) is 5.92 Å². The van der Waals surface area contributed by atoms with E-state index in [0.717, 1.165) is 51.6 Å². The fourth-order valence-electron chi connectivity index (χ4n) is 7.55. The lowest BCUT2D eigenvalue weighted by molar-refractivity contribution is 0.688. The van der Waals surface area contributed by atoms with E-state index in [0.29, 0.717) is 11.8 Å². The fourth-order valence-corrected chi connectivity index (χ4v) is 7.55. The van der Waals surface area contributed by atoms with Gasteiger partial charge in [-0.3, -0.25) is 4.98 Å². The third-order valence-electron chi connectivity index (χ3n) is 9.95. The molecule has 3 unspecified atom stereocenters. The first kappa shape index (κ1) is 27.6. The summed E-state index contributed by atoms with van der Waals surface area (Å²) < 4.78 is 0. The molecule has 0 spiro atoms. The molecular formula is C44H33N3. The van der Waals surface area contributed by atoms with Crippen molar-refractivity contribution in [3.05, 3.63) is 174 Å². The van der Waals surface area contributed by atoms with Gasteiger partial charge in [-0.25, -0.2) is 9.97 Å². The van der Waals surface area contributed by atoms with E-state index in [1.54, 1.807) is 0 Å². The molecular weight excluding hydrogens is 571 g/mol. The Morgan fingerprint density at radius 2 is 1.40 bits per heavy atom. The molecule has 3 nitrogen and oxygen atoms in total. The smallest absolute Gasteiger partial charge is 0.160 e. The van der Waals surface area contributed by atoms with Gasteiger partial charge in [-0.15, -0.1) is 0 Å². The summed E-state index contributed by atoms with van der Waals surface area (Å²) in [4.78, 5) is 15.2. The summed E-state index contributed by atoms with van der Waals surface area (Å²) in [6.45, 7) is 2.33. The van der Waals surface area contributed by atoms with Crippen molar-refractivity contribution in [1.82, 2.24) is 15.0 Å². The molecule has 9 rings (SSSR count). The minimum Gasteiger partial charge on any atom is -0.256 e. The molecule has 2 aromatic heterocycles. The Labute approximate surface area is 275 Å². The van der Waals surface area contributed by atoms with Gasteiger partial charge in [0.05, 0.1) is 17.1 Å². The maximum absolute atomic E-state index is 5.34. The van der Waals surface area contributed by atoms with Crippen LogP contribution in [0.4, 0.5) is 0 Å². The van der Waals surface area contributed by atoms with Gasteiger partial charge in [0, 0.05) is 40.3 Å². The molecule has 0 saturated heterocycles. The molecule has 0 amide bonds. The van der Waals surface area contributed by atoms with E-state index in [4.69, 9.17) is 9.97 Å². The predicted molar refractivity (Wildman–Crippen MR) is 194 cm³/mol.